The van der Waals surface area contributed by atoms with E-state index in [1.807, 2.05) is 0 Å². The smallest absolute Gasteiger partial charge is 0.407 e. The largest absolute Gasteiger partial charge is 0.465 e. The second-order valence-electron chi connectivity index (χ2n) is 4.82. The van der Waals surface area contributed by atoms with Crippen molar-refractivity contribution < 1.29 is 14.3 Å². The number of nitrogens with one attached hydrogen (secondary N) is 1. The van der Waals surface area contributed by atoms with Gasteiger partial charge in [-0.1, -0.05) is 0 Å². The molecule has 0 unspecified atom stereocenters. The number of rotatable bonds is 1. The van der Waals surface area contributed by atoms with E-state index < -0.39 is 11.9 Å². The molecule has 1 aliphatic rings. The number of hydrogen-bond donors (Lipinski definition) is 2. The van der Waals surface area contributed by atoms with E-state index >= 15 is 0 Å². The molecule has 2 aromatic rings. The van der Waals surface area contributed by atoms with Crippen molar-refractivity contribution in [2.75, 3.05) is 13.1 Å². The first kappa shape index (κ1) is 12.6. The summed E-state index contributed by atoms with van der Waals surface area (Å²) in [6.07, 6.45) is 1.14. The third-order valence-electron chi connectivity index (χ3n) is 3.64. The van der Waals surface area contributed by atoms with Crippen LogP contribution >= 0.6 is 0 Å². The van der Waals surface area contributed by atoms with Crippen molar-refractivity contribution in [3.63, 3.8) is 0 Å². The molecule has 3 rings (SSSR count). The van der Waals surface area contributed by atoms with Crippen LogP contribution in [0.2, 0.25) is 0 Å². The highest BCUT2D eigenvalue weighted by Gasteiger charge is 2.26. The van der Waals surface area contributed by atoms with E-state index in [4.69, 9.17) is 5.11 Å². The molecule has 0 saturated carbocycles. The van der Waals surface area contributed by atoms with Gasteiger partial charge in [0.15, 0.2) is 5.65 Å². The third kappa shape index (κ3) is 2.02. The van der Waals surface area contributed by atoms with Gasteiger partial charge in [-0.25, -0.2) is 19.0 Å². The summed E-state index contributed by atoms with van der Waals surface area (Å²) in [5.74, 6) is -0.506. The van der Waals surface area contributed by atoms with Gasteiger partial charge in [-0.05, 0) is 12.8 Å². The zero-order valence-electron chi connectivity index (χ0n) is 10.5. The fourth-order valence-corrected chi connectivity index (χ4v) is 2.66. The molecular weight excluding hydrogens is 267 g/mol. The second kappa shape index (κ2) is 4.62. The second-order valence-corrected chi connectivity index (χ2v) is 4.82. The van der Waals surface area contributed by atoms with Crippen molar-refractivity contribution in [3.05, 3.63) is 28.6 Å². The van der Waals surface area contributed by atoms with Crippen LogP contribution in [0.3, 0.4) is 0 Å². The lowest BCUT2D eigenvalue weighted by molar-refractivity contribution is 0.125. The first-order valence-corrected chi connectivity index (χ1v) is 6.30. The topological polar surface area (TPSA) is 91.2 Å². The molecule has 20 heavy (non-hydrogen) atoms. The van der Waals surface area contributed by atoms with E-state index in [1.54, 1.807) is 0 Å². The third-order valence-corrected chi connectivity index (χ3v) is 3.64. The number of piperidine rings is 1. The van der Waals surface area contributed by atoms with Gasteiger partial charge in [-0.15, -0.1) is 0 Å². The Balaban J connectivity index is 1.95. The highest BCUT2D eigenvalue weighted by molar-refractivity contribution is 5.70. The zero-order chi connectivity index (χ0) is 14.3. The Labute approximate surface area is 112 Å². The molecule has 2 N–H and O–H groups in total. The van der Waals surface area contributed by atoms with Crippen LogP contribution in [-0.4, -0.2) is 43.7 Å². The molecule has 0 spiro atoms. The van der Waals surface area contributed by atoms with E-state index in [9.17, 15) is 14.0 Å². The lowest BCUT2D eigenvalue weighted by Gasteiger charge is -2.30. The summed E-state index contributed by atoms with van der Waals surface area (Å²) in [7, 11) is 0. The molecule has 8 heteroatoms. The van der Waals surface area contributed by atoms with Crippen molar-refractivity contribution in [2.24, 2.45) is 0 Å². The predicted molar refractivity (Wildman–Crippen MR) is 68.2 cm³/mol. The molecule has 0 bridgehead atoms. The number of pyridine rings is 1. The lowest BCUT2D eigenvalue weighted by atomic mass is 10.1. The molecule has 0 atom stereocenters. The Morgan fingerprint density at radius 1 is 1.45 bits per heavy atom. The SMILES string of the molecule is O=C(O)N1CCC(n2c(=O)[nH]c3ncc(F)cc32)CC1. The number of likely N-dealkylation sites (tertiary alicyclic amines) is 1. The number of nitrogens with zero attached hydrogens (tertiary/aromatic N) is 3. The van der Waals surface area contributed by atoms with Crippen molar-refractivity contribution in [1.82, 2.24) is 19.4 Å². The molecule has 0 aromatic carbocycles. The van der Waals surface area contributed by atoms with Gasteiger partial charge in [0.05, 0.1) is 11.7 Å². The number of imidazole rings is 1. The van der Waals surface area contributed by atoms with Crippen LogP contribution in [0.5, 0.6) is 0 Å². The number of H-pyrrole nitrogens is 1. The average Bonchev–Trinajstić information content (AvgIpc) is 2.74. The van der Waals surface area contributed by atoms with Gasteiger partial charge in [0, 0.05) is 25.2 Å². The van der Waals surface area contributed by atoms with Gasteiger partial charge < -0.3 is 10.0 Å². The molecule has 0 radical (unpaired) electrons. The van der Waals surface area contributed by atoms with Gasteiger partial charge in [0.2, 0.25) is 0 Å². The average molecular weight is 280 g/mol. The number of fused-ring (bicyclic) bond motifs is 1. The molecular formula is C12H13FN4O3. The van der Waals surface area contributed by atoms with Gasteiger partial charge in [-0.3, -0.25) is 9.55 Å². The standard InChI is InChI=1S/C12H13FN4O3/c13-7-5-9-10(14-6-7)15-11(18)17(9)8-1-3-16(4-2-8)12(19)20/h5-6,8H,1-4H2,(H,19,20)(H,14,15,18). The van der Waals surface area contributed by atoms with E-state index in [0.717, 1.165) is 6.20 Å². The first-order chi connectivity index (χ1) is 9.56. The summed E-state index contributed by atoms with van der Waals surface area (Å²) in [4.78, 5) is 30.6. The molecule has 2 aromatic heterocycles. The minimum Gasteiger partial charge on any atom is -0.465 e. The number of hydrogen-bond acceptors (Lipinski definition) is 3. The molecule has 1 saturated heterocycles. The maximum atomic E-state index is 13.3. The monoisotopic (exact) mass is 280 g/mol. The molecule has 106 valence electrons. The normalized spacial score (nSPS) is 16.8. The van der Waals surface area contributed by atoms with E-state index in [-0.39, 0.29) is 11.7 Å². The summed E-state index contributed by atoms with van der Waals surface area (Å²) in [5.41, 5.74) is 0.424. The van der Waals surface area contributed by atoms with Crippen LogP contribution in [-0.2, 0) is 0 Å². The van der Waals surface area contributed by atoms with Crippen LogP contribution in [0.25, 0.3) is 11.2 Å². The number of aromatic nitrogens is 3. The lowest BCUT2D eigenvalue weighted by Crippen LogP contribution is -2.39. The summed E-state index contributed by atoms with van der Waals surface area (Å²) in [6.45, 7) is 0.726. The van der Waals surface area contributed by atoms with Gasteiger partial charge in [-0.2, -0.15) is 0 Å². The summed E-state index contributed by atoms with van der Waals surface area (Å²) in [5, 5.41) is 8.91. The molecule has 0 aliphatic carbocycles. The van der Waals surface area contributed by atoms with Crippen LogP contribution in [0.1, 0.15) is 18.9 Å². The Morgan fingerprint density at radius 2 is 2.15 bits per heavy atom. The van der Waals surface area contributed by atoms with Gasteiger partial charge in [0.1, 0.15) is 5.82 Å². The Hall–Kier alpha value is -2.38. The summed E-state index contributed by atoms with van der Waals surface area (Å²) >= 11 is 0. The number of amides is 1. The van der Waals surface area contributed by atoms with Gasteiger partial charge in [0.25, 0.3) is 0 Å². The fourth-order valence-electron chi connectivity index (χ4n) is 2.66. The van der Waals surface area contributed by atoms with Crippen LogP contribution in [0.4, 0.5) is 9.18 Å². The van der Waals surface area contributed by atoms with Crippen molar-refractivity contribution in [2.45, 2.75) is 18.9 Å². The molecule has 1 amide bonds. The highest BCUT2D eigenvalue weighted by atomic mass is 19.1. The highest BCUT2D eigenvalue weighted by Crippen LogP contribution is 2.24. The predicted octanol–water partition coefficient (Wildman–Crippen LogP) is 1.18. The Bertz CT molecular complexity index is 715. The molecule has 1 fully saturated rings. The quantitative estimate of drug-likeness (QED) is 0.820. The van der Waals surface area contributed by atoms with Crippen molar-refractivity contribution >= 4 is 17.3 Å². The van der Waals surface area contributed by atoms with Crippen molar-refractivity contribution in [3.8, 4) is 0 Å². The van der Waals surface area contributed by atoms with E-state index in [1.165, 1.54) is 15.5 Å². The molecule has 3 heterocycles. The number of aromatic amines is 1. The summed E-state index contributed by atoms with van der Waals surface area (Å²) in [6, 6.07) is 1.12. The summed E-state index contributed by atoms with van der Waals surface area (Å²) < 4.78 is 14.8. The number of carboxylic acid groups (broad SMARTS) is 1. The van der Waals surface area contributed by atoms with E-state index in [2.05, 4.69) is 9.97 Å². The first-order valence-electron chi connectivity index (χ1n) is 6.30. The number of halogens is 1. The van der Waals surface area contributed by atoms with Crippen molar-refractivity contribution in [1.29, 1.82) is 0 Å². The number of carbonyl (C=O) groups is 1. The molecule has 1 aliphatic heterocycles. The molecule has 7 nitrogen and oxygen atoms in total. The fraction of sp³-hybridized carbons (Fsp3) is 0.417. The maximum Gasteiger partial charge on any atom is 0.407 e. The minimum atomic E-state index is -0.956. The maximum absolute atomic E-state index is 13.3. The van der Waals surface area contributed by atoms with Crippen LogP contribution < -0.4 is 5.69 Å². The van der Waals surface area contributed by atoms with Crippen LogP contribution in [0, 0.1) is 5.82 Å². The van der Waals surface area contributed by atoms with Gasteiger partial charge >= 0.3 is 11.8 Å². The minimum absolute atomic E-state index is 0.143. The zero-order valence-corrected chi connectivity index (χ0v) is 10.5. The Kier molecular flexibility index (Phi) is 2.92. The van der Waals surface area contributed by atoms with E-state index in [0.29, 0.717) is 37.1 Å². The Morgan fingerprint density at radius 3 is 2.80 bits per heavy atom. The van der Waals surface area contributed by atoms with Crippen LogP contribution in [0.15, 0.2) is 17.1 Å².